The number of rotatable bonds is 4. The Hall–Kier alpha value is -0.700. The highest BCUT2D eigenvalue weighted by molar-refractivity contribution is 9.10. The minimum absolute atomic E-state index is 0.0404. The topological polar surface area (TPSA) is 96.5 Å². The van der Waals surface area contributed by atoms with Crippen LogP contribution in [0.15, 0.2) is 21.6 Å². The van der Waals surface area contributed by atoms with Crippen LogP contribution in [-0.4, -0.2) is 42.0 Å². The summed E-state index contributed by atoms with van der Waals surface area (Å²) < 4.78 is 26.1. The summed E-state index contributed by atoms with van der Waals surface area (Å²) in [5, 5.41) is 9.66. The molecule has 0 unspecified atom stereocenters. The van der Waals surface area contributed by atoms with Crippen molar-refractivity contribution < 1.29 is 13.5 Å². The second-order valence-corrected chi connectivity index (χ2v) is 7.54. The molecule has 0 aliphatic rings. The van der Waals surface area contributed by atoms with Crippen molar-refractivity contribution in [3.05, 3.63) is 16.7 Å². The van der Waals surface area contributed by atoms with Crippen LogP contribution in [0, 0.1) is 0 Å². The SMILES string of the molecule is CN(CC(C)(C)O)S(=O)(=O)c1cc(Br)cnc1N. The van der Waals surface area contributed by atoms with Crippen molar-refractivity contribution in [2.75, 3.05) is 19.3 Å². The summed E-state index contributed by atoms with van der Waals surface area (Å²) in [6, 6.07) is 1.39. The van der Waals surface area contributed by atoms with Crippen molar-refractivity contribution >= 4 is 31.8 Å². The molecule has 3 N–H and O–H groups in total. The molecule has 1 aromatic heterocycles. The average Bonchev–Trinajstić information content (AvgIpc) is 2.19. The summed E-state index contributed by atoms with van der Waals surface area (Å²) in [5.41, 5.74) is 4.45. The lowest BCUT2D eigenvalue weighted by molar-refractivity contribution is 0.0640. The van der Waals surface area contributed by atoms with E-state index in [9.17, 15) is 13.5 Å². The van der Waals surface area contributed by atoms with Crippen LogP contribution in [0.2, 0.25) is 0 Å². The second kappa shape index (κ2) is 5.12. The molecule has 0 amide bonds. The number of halogens is 1. The fraction of sp³-hybridized carbons (Fsp3) is 0.500. The zero-order valence-corrected chi connectivity index (χ0v) is 12.8. The Balaban J connectivity index is 3.17. The quantitative estimate of drug-likeness (QED) is 0.847. The van der Waals surface area contributed by atoms with Crippen LogP contribution in [0.1, 0.15) is 13.8 Å². The Kier molecular flexibility index (Phi) is 4.37. The van der Waals surface area contributed by atoms with Crippen molar-refractivity contribution in [2.24, 2.45) is 0 Å². The van der Waals surface area contributed by atoms with E-state index in [1.807, 2.05) is 0 Å². The minimum atomic E-state index is -3.77. The number of anilines is 1. The molecule has 0 atom stereocenters. The molecule has 0 aromatic carbocycles. The van der Waals surface area contributed by atoms with Gasteiger partial charge in [0, 0.05) is 24.3 Å². The third-order valence-electron chi connectivity index (χ3n) is 2.15. The first-order valence-electron chi connectivity index (χ1n) is 5.14. The normalized spacial score (nSPS) is 13.0. The molecule has 6 nitrogen and oxygen atoms in total. The summed E-state index contributed by atoms with van der Waals surface area (Å²) in [5.74, 6) is -0.0687. The van der Waals surface area contributed by atoms with Gasteiger partial charge in [0.25, 0.3) is 0 Å². The van der Waals surface area contributed by atoms with Crippen molar-refractivity contribution in [3.63, 3.8) is 0 Å². The second-order valence-electron chi connectivity index (χ2n) is 4.61. The largest absolute Gasteiger partial charge is 0.389 e. The molecule has 0 fully saturated rings. The maximum Gasteiger partial charge on any atom is 0.246 e. The molecule has 1 rings (SSSR count). The van der Waals surface area contributed by atoms with Gasteiger partial charge < -0.3 is 10.8 Å². The van der Waals surface area contributed by atoms with Gasteiger partial charge in [-0.2, -0.15) is 4.31 Å². The molecule has 0 spiro atoms. The van der Waals surface area contributed by atoms with E-state index in [-0.39, 0.29) is 17.3 Å². The van der Waals surface area contributed by atoms with Gasteiger partial charge in [0.05, 0.1) is 5.60 Å². The third kappa shape index (κ3) is 3.64. The van der Waals surface area contributed by atoms with Crippen LogP contribution < -0.4 is 5.73 Å². The van der Waals surface area contributed by atoms with Gasteiger partial charge in [0.1, 0.15) is 10.7 Å². The number of pyridine rings is 1. The first-order chi connectivity index (χ1) is 8.04. The van der Waals surface area contributed by atoms with E-state index >= 15 is 0 Å². The van der Waals surface area contributed by atoms with E-state index in [0.29, 0.717) is 4.47 Å². The number of aromatic nitrogens is 1. The van der Waals surface area contributed by atoms with Crippen LogP contribution in [-0.2, 0) is 10.0 Å². The molecular weight excluding hydrogens is 322 g/mol. The van der Waals surface area contributed by atoms with E-state index in [1.165, 1.54) is 33.2 Å². The molecule has 102 valence electrons. The summed E-state index contributed by atoms with van der Waals surface area (Å²) >= 11 is 3.15. The number of likely N-dealkylation sites (N-methyl/N-ethyl adjacent to an activating group) is 1. The highest BCUT2D eigenvalue weighted by atomic mass is 79.9. The summed E-state index contributed by atoms with van der Waals surface area (Å²) in [4.78, 5) is 3.71. The monoisotopic (exact) mass is 337 g/mol. The summed E-state index contributed by atoms with van der Waals surface area (Å²) in [6.07, 6.45) is 1.42. The van der Waals surface area contributed by atoms with Gasteiger partial charge >= 0.3 is 0 Å². The summed E-state index contributed by atoms with van der Waals surface area (Å²) in [7, 11) is -2.39. The number of nitrogens with two attached hydrogens (primary N) is 1. The highest BCUT2D eigenvalue weighted by Gasteiger charge is 2.28. The molecule has 0 aliphatic carbocycles. The van der Waals surface area contributed by atoms with E-state index < -0.39 is 15.6 Å². The van der Waals surface area contributed by atoms with Crippen molar-refractivity contribution in [2.45, 2.75) is 24.3 Å². The van der Waals surface area contributed by atoms with E-state index in [2.05, 4.69) is 20.9 Å². The van der Waals surface area contributed by atoms with Gasteiger partial charge in [-0.3, -0.25) is 0 Å². The average molecular weight is 338 g/mol. The Labute approximate surface area is 115 Å². The number of hydrogen-bond acceptors (Lipinski definition) is 5. The molecule has 0 saturated carbocycles. The lowest BCUT2D eigenvalue weighted by Gasteiger charge is -2.25. The molecule has 18 heavy (non-hydrogen) atoms. The van der Waals surface area contributed by atoms with E-state index in [1.54, 1.807) is 0 Å². The molecule has 8 heteroatoms. The molecule has 0 radical (unpaired) electrons. The minimum Gasteiger partial charge on any atom is -0.389 e. The van der Waals surface area contributed by atoms with Gasteiger partial charge in [-0.25, -0.2) is 13.4 Å². The van der Waals surface area contributed by atoms with Gasteiger partial charge in [-0.1, -0.05) is 0 Å². The zero-order valence-electron chi connectivity index (χ0n) is 10.4. The smallest absolute Gasteiger partial charge is 0.246 e. The standard InChI is InChI=1S/C10H16BrN3O3S/c1-10(2,15)6-14(3)18(16,17)8-4-7(11)5-13-9(8)12/h4-5,15H,6H2,1-3H3,(H2,12,13). The van der Waals surface area contributed by atoms with E-state index in [4.69, 9.17) is 5.73 Å². The fourth-order valence-corrected chi connectivity index (χ4v) is 3.33. The van der Waals surface area contributed by atoms with Crippen LogP contribution in [0.4, 0.5) is 5.82 Å². The van der Waals surface area contributed by atoms with E-state index in [0.717, 1.165) is 4.31 Å². The number of aliphatic hydroxyl groups is 1. The molecule has 0 aliphatic heterocycles. The predicted molar refractivity (Wildman–Crippen MR) is 72.5 cm³/mol. The first-order valence-corrected chi connectivity index (χ1v) is 7.37. The molecule has 1 heterocycles. The van der Waals surface area contributed by atoms with Crippen molar-refractivity contribution in [1.82, 2.24) is 9.29 Å². The molecule has 0 bridgehead atoms. The van der Waals surface area contributed by atoms with Crippen LogP contribution >= 0.6 is 15.9 Å². The van der Waals surface area contributed by atoms with Gasteiger partial charge in [-0.05, 0) is 35.8 Å². The predicted octanol–water partition coefficient (Wildman–Crippen LogP) is 0.818. The van der Waals surface area contributed by atoms with Crippen LogP contribution in [0.25, 0.3) is 0 Å². The lowest BCUT2D eigenvalue weighted by Crippen LogP contribution is -2.39. The maximum atomic E-state index is 12.3. The van der Waals surface area contributed by atoms with Crippen LogP contribution in [0.3, 0.4) is 0 Å². The van der Waals surface area contributed by atoms with Gasteiger partial charge in [0.15, 0.2) is 0 Å². The molecule has 1 aromatic rings. The van der Waals surface area contributed by atoms with Gasteiger partial charge in [-0.15, -0.1) is 0 Å². The lowest BCUT2D eigenvalue weighted by atomic mass is 10.1. The Morgan fingerprint density at radius 2 is 2.11 bits per heavy atom. The number of nitrogens with zero attached hydrogens (tertiary/aromatic N) is 2. The summed E-state index contributed by atoms with van der Waals surface area (Å²) in [6.45, 7) is 3.02. The first kappa shape index (κ1) is 15.4. The number of sulfonamides is 1. The third-order valence-corrected chi connectivity index (χ3v) is 4.41. The zero-order chi connectivity index (χ0) is 14.1. The maximum absolute atomic E-state index is 12.3. The van der Waals surface area contributed by atoms with Gasteiger partial charge in [0.2, 0.25) is 10.0 Å². The van der Waals surface area contributed by atoms with Crippen molar-refractivity contribution in [3.8, 4) is 0 Å². The highest BCUT2D eigenvalue weighted by Crippen LogP contribution is 2.24. The molecule has 0 saturated heterocycles. The Bertz CT molecular complexity index is 540. The van der Waals surface area contributed by atoms with Crippen LogP contribution in [0.5, 0.6) is 0 Å². The molecular formula is C10H16BrN3O3S. The Morgan fingerprint density at radius 3 is 2.61 bits per heavy atom. The fourth-order valence-electron chi connectivity index (χ4n) is 1.44. The number of hydrogen-bond donors (Lipinski definition) is 2. The number of nitrogen functional groups attached to an aromatic ring is 1. The Morgan fingerprint density at radius 1 is 1.56 bits per heavy atom. The van der Waals surface area contributed by atoms with Crippen molar-refractivity contribution in [1.29, 1.82) is 0 Å².